The first-order valence-corrected chi connectivity index (χ1v) is 5.52. The molecule has 6 nitrogen and oxygen atoms in total. The van der Waals surface area contributed by atoms with Crippen molar-refractivity contribution in [2.24, 2.45) is 5.92 Å². The van der Waals surface area contributed by atoms with Crippen LogP contribution in [-0.4, -0.2) is 27.7 Å². The number of hydrogen-bond acceptors (Lipinski definition) is 5. The van der Waals surface area contributed by atoms with Crippen LogP contribution in [0.5, 0.6) is 0 Å². The molecular weight excluding hydrogens is 222 g/mol. The summed E-state index contributed by atoms with van der Waals surface area (Å²) in [6.45, 7) is 4.30. The topological polar surface area (TPSA) is 88.3 Å². The van der Waals surface area contributed by atoms with Gasteiger partial charge in [0.15, 0.2) is 0 Å². The zero-order valence-electron chi connectivity index (χ0n) is 9.96. The lowest BCUT2D eigenvalue weighted by Crippen LogP contribution is -2.21. The first kappa shape index (κ1) is 13.4. The molecule has 0 amide bonds. The smallest absolute Gasteiger partial charge is 0.386 e. The summed E-state index contributed by atoms with van der Waals surface area (Å²) in [5.41, 5.74) is 0.334. The lowest BCUT2D eigenvalue weighted by Gasteiger charge is -2.14. The SMILES string of the molecule is CC(C)CC(O)CNc1cccnc1[N+](=O)[O-]. The summed E-state index contributed by atoms with van der Waals surface area (Å²) in [7, 11) is 0. The third-order valence-electron chi connectivity index (χ3n) is 2.23. The highest BCUT2D eigenvalue weighted by atomic mass is 16.6. The molecule has 17 heavy (non-hydrogen) atoms. The van der Waals surface area contributed by atoms with Gasteiger partial charge in [-0.05, 0) is 34.4 Å². The third-order valence-corrected chi connectivity index (χ3v) is 2.23. The predicted octanol–water partition coefficient (Wildman–Crippen LogP) is 1.81. The second-order valence-corrected chi connectivity index (χ2v) is 4.30. The summed E-state index contributed by atoms with van der Waals surface area (Å²) in [5, 5.41) is 23.2. The quantitative estimate of drug-likeness (QED) is 0.583. The van der Waals surface area contributed by atoms with E-state index in [1.54, 1.807) is 12.1 Å². The van der Waals surface area contributed by atoms with E-state index in [4.69, 9.17) is 0 Å². The van der Waals surface area contributed by atoms with E-state index in [1.807, 2.05) is 13.8 Å². The van der Waals surface area contributed by atoms with Gasteiger partial charge in [-0.15, -0.1) is 0 Å². The Morgan fingerprint density at radius 2 is 2.29 bits per heavy atom. The minimum absolute atomic E-state index is 0.218. The Morgan fingerprint density at radius 1 is 1.59 bits per heavy atom. The van der Waals surface area contributed by atoms with Crippen LogP contribution in [0.25, 0.3) is 0 Å². The largest absolute Gasteiger partial charge is 0.391 e. The Labute approximate surface area is 99.8 Å². The van der Waals surface area contributed by atoms with Crippen molar-refractivity contribution in [1.29, 1.82) is 0 Å². The number of hydrogen-bond donors (Lipinski definition) is 2. The van der Waals surface area contributed by atoms with E-state index >= 15 is 0 Å². The molecule has 2 N–H and O–H groups in total. The zero-order chi connectivity index (χ0) is 12.8. The van der Waals surface area contributed by atoms with E-state index in [9.17, 15) is 15.2 Å². The second kappa shape index (κ2) is 6.15. The van der Waals surface area contributed by atoms with Crippen molar-refractivity contribution in [3.05, 3.63) is 28.4 Å². The van der Waals surface area contributed by atoms with Crippen molar-refractivity contribution >= 4 is 11.5 Å². The van der Waals surface area contributed by atoms with E-state index in [0.717, 1.165) is 0 Å². The number of nitro groups is 1. The Balaban J connectivity index is 2.60. The number of anilines is 1. The maximum Gasteiger partial charge on any atom is 0.386 e. The molecule has 0 aromatic carbocycles. The van der Waals surface area contributed by atoms with Crippen LogP contribution in [0.1, 0.15) is 20.3 Å². The molecule has 1 atom stereocenters. The fourth-order valence-electron chi connectivity index (χ4n) is 1.54. The molecule has 0 radical (unpaired) electrons. The minimum Gasteiger partial charge on any atom is -0.391 e. The van der Waals surface area contributed by atoms with Crippen LogP contribution in [-0.2, 0) is 0 Å². The van der Waals surface area contributed by atoms with Crippen LogP contribution >= 0.6 is 0 Å². The molecular formula is C11H17N3O3. The summed E-state index contributed by atoms with van der Waals surface area (Å²) in [4.78, 5) is 13.8. The molecule has 1 heterocycles. The molecule has 1 aromatic heterocycles. The summed E-state index contributed by atoms with van der Waals surface area (Å²) in [5.74, 6) is 0.167. The lowest BCUT2D eigenvalue weighted by molar-refractivity contribution is -0.388. The van der Waals surface area contributed by atoms with Crippen LogP contribution < -0.4 is 5.32 Å². The number of nitrogens with zero attached hydrogens (tertiary/aromatic N) is 2. The van der Waals surface area contributed by atoms with Crippen molar-refractivity contribution in [2.45, 2.75) is 26.4 Å². The van der Waals surface area contributed by atoms with Crippen LogP contribution in [0.4, 0.5) is 11.5 Å². The van der Waals surface area contributed by atoms with Gasteiger partial charge in [0.2, 0.25) is 0 Å². The molecule has 0 aliphatic rings. The van der Waals surface area contributed by atoms with Gasteiger partial charge in [0.1, 0.15) is 11.9 Å². The Kier molecular flexibility index (Phi) is 4.84. The van der Waals surface area contributed by atoms with Crippen LogP contribution in [0.15, 0.2) is 18.3 Å². The molecule has 0 bridgehead atoms. The fraction of sp³-hybridized carbons (Fsp3) is 0.545. The molecule has 94 valence electrons. The predicted molar refractivity (Wildman–Crippen MR) is 64.8 cm³/mol. The van der Waals surface area contributed by atoms with Gasteiger partial charge in [-0.3, -0.25) is 0 Å². The van der Waals surface area contributed by atoms with E-state index in [-0.39, 0.29) is 12.4 Å². The van der Waals surface area contributed by atoms with Gasteiger partial charge < -0.3 is 20.5 Å². The molecule has 6 heteroatoms. The average Bonchev–Trinajstić information content (AvgIpc) is 2.25. The number of aliphatic hydroxyl groups is 1. The van der Waals surface area contributed by atoms with Gasteiger partial charge in [0.25, 0.3) is 0 Å². The van der Waals surface area contributed by atoms with Crippen molar-refractivity contribution in [2.75, 3.05) is 11.9 Å². The summed E-state index contributed by atoms with van der Waals surface area (Å²) in [6.07, 6.45) is 1.50. The number of aliphatic hydroxyl groups excluding tert-OH is 1. The van der Waals surface area contributed by atoms with Gasteiger partial charge in [0.05, 0.1) is 6.10 Å². The van der Waals surface area contributed by atoms with Gasteiger partial charge in [-0.2, -0.15) is 0 Å². The van der Waals surface area contributed by atoms with Gasteiger partial charge in [-0.25, -0.2) is 0 Å². The van der Waals surface area contributed by atoms with E-state index < -0.39 is 11.0 Å². The van der Waals surface area contributed by atoms with Gasteiger partial charge >= 0.3 is 5.82 Å². The Bertz CT molecular complexity index is 382. The molecule has 1 unspecified atom stereocenters. The van der Waals surface area contributed by atoms with Gasteiger partial charge in [0, 0.05) is 6.54 Å². The zero-order valence-corrected chi connectivity index (χ0v) is 9.96. The Morgan fingerprint density at radius 3 is 2.88 bits per heavy atom. The molecule has 1 rings (SSSR count). The van der Waals surface area contributed by atoms with Crippen LogP contribution in [0.3, 0.4) is 0 Å². The van der Waals surface area contributed by atoms with E-state index in [1.165, 1.54) is 6.20 Å². The maximum atomic E-state index is 10.7. The number of pyridine rings is 1. The lowest BCUT2D eigenvalue weighted by atomic mass is 10.1. The highest BCUT2D eigenvalue weighted by Crippen LogP contribution is 2.20. The fourth-order valence-corrected chi connectivity index (χ4v) is 1.54. The summed E-state index contributed by atoms with van der Waals surface area (Å²) < 4.78 is 0. The highest BCUT2D eigenvalue weighted by molar-refractivity contribution is 5.56. The van der Waals surface area contributed by atoms with Crippen LogP contribution in [0.2, 0.25) is 0 Å². The van der Waals surface area contributed by atoms with Crippen molar-refractivity contribution in [3.8, 4) is 0 Å². The Hall–Kier alpha value is -1.69. The molecule has 1 aromatic rings. The molecule has 0 spiro atoms. The normalized spacial score (nSPS) is 12.5. The number of rotatable bonds is 6. The highest BCUT2D eigenvalue weighted by Gasteiger charge is 2.15. The standard InChI is InChI=1S/C11H17N3O3/c1-8(2)6-9(15)7-13-10-4-3-5-12-11(10)14(16)17/h3-5,8-9,13,15H,6-7H2,1-2H3. The number of nitrogens with one attached hydrogen (secondary N) is 1. The number of aromatic nitrogens is 1. The maximum absolute atomic E-state index is 10.7. The molecule has 0 aliphatic carbocycles. The average molecular weight is 239 g/mol. The third kappa shape index (κ3) is 4.36. The van der Waals surface area contributed by atoms with Crippen LogP contribution in [0, 0.1) is 16.0 Å². The molecule has 0 saturated heterocycles. The van der Waals surface area contributed by atoms with Gasteiger partial charge in [-0.1, -0.05) is 13.8 Å². The van der Waals surface area contributed by atoms with E-state index in [2.05, 4.69) is 10.3 Å². The first-order valence-electron chi connectivity index (χ1n) is 5.52. The summed E-state index contributed by atoms with van der Waals surface area (Å²) in [6, 6.07) is 3.19. The molecule has 0 saturated carbocycles. The van der Waals surface area contributed by atoms with E-state index in [0.29, 0.717) is 18.0 Å². The first-order chi connectivity index (χ1) is 8.00. The monoisotopic (exact) mass is 239 g/mol. The van der Waals surface area contributed by atoms with Crippen molar-refractivity contribution < 1.29 is 10.0 Å². The summed E-state index contributed by atoms with van der Waals surface area (Å²) >= 11 is 0. The van der Waals surface area contributed by atoms with Crippen molar-refractivity contribution in [3.63, 3.8) is 0 Å². The molecule has 0 fully saturated rings. The second-order valence-electron chi connectivity index (χ2n) is 4.30. The minimum atomic E-state index is -0.544. The molecule has 0 aliphatic heterocycles. The van der Waals surface area contributed by atoms with Crippen molar-refractivity contribution in [1.82, 2.24) is 4.98 Å².